The Labute approximate surface area is 116 Å². The fourth-order valence-corrected chi connectivity index (χ4v) is 2.63. The van der Waals surface area contributed by atoms with Gasteiger partial charge in [-0.05, 0) is 35.7 Å². The van der Waals surface area contributed by atoms with Crippen molar-refractivity contribution in [2.24, 2.45) is 0 Å². The third-order valence-electron chi connectivity index (χ3n) is 2.94. The quantitative estimate of drug-likeness (QED) is 0.881. The van der Waals surface area contributed by atoms with E-state index in [0.717, 1.165) is 24.4 Å². The highest BCUT2D eigenvalue weighted by Crippen LogP contribution is 2.14. The molecule has 0 radical (unpaired) electrons. The maximum absolute atomic E-state index is 12.0. The zero-order valence-electron chi connectivity index (χ0n) is 11.2. The first-order valence-electron chi connectivity index (χ1n) is 6.42. The summed E-state index contributed by atoms with van der Waals surface area (Å²) >= 11 is 1.60. The summed E-state index contributed by atoms with van der Waals surface area (Å²) in [5.74, 6) is 0.847. The summed E-state index contributed by atoms with van der Waals surface area (Å²) in [5, 5.41) is 11.1. The fraction of sp³-hybridized carbons (Fsp3) is 0.462. The Bertz CT molecular complexity index is 520. The Morgan fingerprint density at radius 1 is 1.53 bits per heavy atom. The van der Waals surface area contributed by atoms with E-state index in [1.807, 2.05) is 35.4 Å². The highest BCUT2D eigenvalue weighted by atomic mass is 32.1. The minimum Gasteiger partial charge on any atom is -0.346 e. The molecule has 19 heavy (non-hydrogen) atoms. The zero-order valence-corrected chi connectivity index (χ0v) is 12.0. The van der Waals surface area contributed by atoms with E-state index in [0.29, 0.717) is 6.42 Å². The Kier molecular flexibility index (Phi) is 4.68. The molecule has 6 heteroatoms. The van der Waals surface area contributed by atoms with Crippen molar-refractivity contribution in [2.75, 3.05) is 0 Å². The van der Waals surface area contributed by atoms with Crippen molar-refractivity contribution in [3.05, 3.63) is 34.5 Å². The fourth-order valence-electron chi connectivity index (χ4n) is 1.96. The van der Waals surface area contributed by atoms with Gasteiger partial charge in [0, 0.05) is 6.54 Å². The number of rotatable bonds is 6. The van der Waals surface area contributed by atoms with Crippen molar-refractivity contribution in [3.63, 3.8) is 0 Å². The molecule has 2 rings (SSSR count). The third-order valence-corrected chi connectivity index (χ3v) is 3.68. The molecule has 0 aliphatic heterocycles. The van der Waals surface area contributed by atoms with E-state index in [-0.39, 0.29) is 11.9 Å². The molecule has 2 heterocycles. The Balaban J connectivity index is 2.01. The minimum absolute atomic E-state index is 0.0240. The predicted molar refractivity (Wildman–Crippen MR) is 74.9 cm³/mol. The van der Waals surface area contributed by atoms with Crippen molar-refractivity contribution < 1.29 is 4.79 Å². The van der Waals surface area contributed by atoms with Crippen molar-refractivity contribution in [3.8, 4) is 0 Å². The van der Waals surface area contributed by atoms with E-state index in [4.69, 9.17) is 0 Å². The number of hydrogen-bond acceptors (Lipinski definition) is 4. The molecule has 102 valence electrons. The van der Waals surface area contributed by atoms with Crippen LogP contribution in [0.15, 0.2) is 23.2 Å². The van der Waals surface area contributed by atoms with Crippen molar-refractivity contribution in [1.82, 2.24) is 20.1 Å². The number of carbonyl (C=O) groups excluding carboxylic acids is 1. The van der Waals surface area contributed by atoms with Gasteiger partial charge in [-0.1, -0.05) is 6.92 Å². The first-order valence-corrected chi connectivity index (χ1v) is 7.37. The smallest absolute Gasteiger partial charge is 0.225 e. The summed E-state index contributed by atoms with van der Waals surface area (Å²) in [7, 11) is 0. The van der Waals surface area contributed by atoms with E-state index < -0.39 is 0 Å². The number of nitrogens with zero attached hydrogens (tertiary/aromatic N) is 3. The molecule has 1 amide bonds. The topological polar surface area (TPSA) is 59.8 Å². The third kappa shape index (κ3) is 3.41. The predicted octanol–water partition coefficient (Wildman–Crippen LogP) is 2.17. The standard InChI is InChI=1S/C13H18N4OS/c1-3-11(13-14-9-15-17(13)4-2)16-12(18)7-10-5-6-19-8-10/h5-6,8-9,11H,3-4,7H2,1-2H3,(H,16,18). The van der Waals surface area contributed by atoms with E-state index in [9.17, 15) is 4.79 Å². The summed E-state index contributed by atoms with van der Waals surface area (Å²) in [6, 6.07) is 1.90. The molecule has 0 aliphatic rings. The Morgan fingerprint density at radius 2 is 2.37 bits per heavy atom. The van der Waals surface area contributed by atoms with Crippen LogP contribution in [0.2, 0.25) is 0 Å². The molecule has 1 atom stereocenters. The van der Waals surface area contributed by atoms with E-state index in [2.05, 4.69) is 15.4 Å². The van der Waals surface area contributed by atoms with Gasteiger partial charge in [0.2, 0.25) is 5.91 Å². The molecule has 1 unspecified atom stereocenters. The van der Waals surface area contributed by atoms with Crippen LogP contribution in [0, 0.1) is 0 Å². The van der Waals surface area contributed by atoms with Gasteiger partial charge < -0.3 is 5.32 Å². The second-order valence-corrected chi connectivity index (χ2v) is 5.05. The van der Waals surface area contributed by atoms with Gasteiger partial charge in [-0.2, -0.15) is 16.4 Å². The molecule has 0 saturated heterocycles. The van der Waals surface area contributed by atoms with Gasteiger partial charge in [0.15, 0.2) is 0 Å². The maximum Gasteiger partial charge on any atom is 0.225 e. The summed E-state index contributed by atoms with van der Waals surface area (Å²) in [6.45, 7) is 4.80. The molecule has 0 spiro atoms. The summed E-state index contributed by atoms with van der Waals surface area (Å²) in [5.41, 5.74) is 1.05. The van der Waals surface area contributed by atoms with Crippen molar-refractivity contribution >= 4 is 17.2 Å². The van der Waals surface area contributed by atoms with Gasteiger partial charge in [-0.3, -0.25) is 4.79 Å². The molecule has 0 saturated carbocycles. The first kappa shape index (κ1) is 13.7. The molecule has 0 bridgehead atoms. The van der Waals surface area contributed by atoms with Gasteiger partial charge in [0.05, 0.1) is 12.5 Å². The van der Waals surface area contributed by atoms with Crippen LogP contribution in [0.3, 0.4) is 0 Å². The number of aromatic nitrogens is 3. The lowest BCUT2D eigenvalue weighted by Gasteiger charge is -2.16. The van der Waals surface area contributed by atoms with Crippen LogP contribution in [0.4, 0.5) is 0 Å². The van der Waals surface area contributed by atoms with Crippen LogP contribution in [0.5, 0.6) is 0 Å². The zero-order chi connectivity index (χ0) is 13.7. The van der Waals surface area contributed by atoms with Crippen LogP contribution in [0.25, 0.3) is 0 Å². The molecule has 0 fully saturated rings. The van der Waals surface area contributed by atoms with Crippen molar-refractivity contribution in [1.29, 1.82) is 0 Å². The Hall–Kier alpha value is -1.69. The molecule has 5 nitrogen and oxygen atoms in total. The second-order valence-electron chi connectivity index (χ2n) is 4.27. The van der Waals surface area contributed by atoms with Crippen LogP contribution >= 0.6 is 11.3 Å². The van der Waals surface area contributed by atoms with Gasteiger partial charge in [0.25, 0.3) is 0 Å². The van der Waals surface area contributed by atoms with Gasteiger partial charge in [-0.15, -0.1) is 0 Å². The molecule has 1 N–H and O–H groups in total. The van der Waals surface area contributed by atoms with E-state index in [1.165, 1.54) is 6.33 Å². The van der Waals surface area contributed by atoms with Crippen LogP contribution in [-0.2, 0) is 17.8 Å². The number of amides is 1. The maximum atomic E-state index is 12.0. The summed E-state index contributed by atoms with van der Waals surface area (Å²) in [6.07, 6.45) is 2.75. The minimum atomic E-state index is -0.0754. The number of hydrogen-bond donors (Lipinski definition) is 1. The number of nitrogens with one attached hydrogen (secondary N) is 1. The molecular weight excluding hydrogens is 260 g/mol. The average Bonchev–Trinajstić information content (AvgIpc) is 3.06. The molecule has 2 aromatic rings. The van der Waals surface area contributed by atoms with Crippen LogP contribution in [0.1, 0.15) is 37.7 Å². The number of thiophene rings is 1. The molecule has 0 aromatic carbocycles. The highest BCUT2D eigenvalue weighted by Gasteiger charge is 2.18. The van der Waals surface area contributed by atoms with Gasteiger partial charge >= 0.3 is 0 Å². The largest absolute Gasteiger partial charge is 0.346 e. The normalized spacial score (nSPS) is 12.3. The highest BCUT2D eigenvalue weighted by molar-refractivity contribution is 7.07. The average molecular weight is 278 g/mol. The molecular formula is C13H18N4OS. The van der Waals surface area contributed by atoms with Crippen molar-refractivity contribution in [2.45, 2.75) is 39.3 Å². The second kappa shape index (κ2) is 6.47. The SMILES string of the molecule is CCC(NC(=O)Cc1ccsc1)c1ncnn1CC. The van der Waals surface area contributed by atoms with E-state index in [1.54, 1.807) is 11.3 Å². The van der Waals surface area contributed by atoms with Gasteiger partial charge in [-0.25, -0.2) is 9.67 Å². The molecule has 2 aromatic heterocycles. The lowest BCUT2D eigenvalue weighted by molar-refractivity contribution is -0.121. The number of aryl methyl sites for hydroxylation is 1. The monoisotopic (exact) mass is 278 g/mol. The van der Waals surface area contributed by atoms with Crippen LogP contribution < -0.4 is 5.32 Å². The Morgan fingerprint density at radius 3 is 3.00 bits per heavy atom. The van der Waals surface area contributed by atoms with E-state index >= 15 is 0 Å². The first-order chi connectivity index (χ1) is 9.24. The number of carbonyl (C=O) groups is 1. The lowest BCUT2D eigenvalue weighted by atomic mass is 10.2. The van der Waals surface area contributed by atoms with Crippen LogP contribution in [-0.4, -0.2) is 20.7 Å². The summed E-state index contributed by atoms with van der Waals surface area (Å²) < 4.78 is 1.82. The van der Waals surface area contributed by atoms with Gasteiger partial charge in [0.1, 0.15) is 12.2 Å². The molecule has 0 aliphatic carbocycles. The lowest BCUT2D eigenvalue weighted by Crippen LogP contribution is -2.31. The summed E-state index contributed by atoms with van der Waals surface area (Å²) in [4.78, 5) is 16.3.